The Morgan fingerprint density at radius 1 is 1.44 bits per heavy atom. The fourth-order valence-corrected chi connectivity index (χ4v) is 1.72. The summed E-state index contributed by atoms with van der Waals surface area (Å²) in [7, 11) is 1.59. The summed E-state index contributed by atoms with van der Waals surface area (Å²) >= 11 is 0. The molecular formula is C12H16N4O2. The SMILES string of the molecule is CC[C@H](N)c1n[nH]c(=O)n1-c1ccc(OC)cc1. The van der Waals surface area contributed by atoms with E-state index < -0.39 is 0 Å². The molecule has 18 heavy (non-hydrogen) atoms. The quantitative estimate of drug-likeness (QED) is 0.844. The maximum absolute atomic E-state index is 11.8. The molecule has 6 heteroatoms. The van der Waals surface area contributed by atoms with Crippen LogP contribution in [0.1, 0.15) is 25.2 Å². The third kappa shape index (κ3) is 2.14. The zero-order valence-electron chi connectivity index (χ0n) is 10.4. The van der Waals surface area contributed by atoms with E-state index in [2.05, 4.69) is 10.2 Å². The largest absolute Gasteiger partial charge is 0.497 e. The first-order chi connectivity index (χ1) is 8.67. The van der Waals surface area contributed by atoms with E-state index in [1.807, 2.05) is 6.92 Å². The number of aromatic amines is 1. The highest BCUT2D eigenvalue weighted by Gasteiger charge is 2.15. The van der Waals surface area contributed by atoms with Gasteiger partial charge in [-0.1, -0.05) is 6.92 Å². The predicted molar refractivity (Wildman–Crippen MR) is 68.0 cm³/mol. The number of H-pyrrole nitrogens is 1. The summed E-state index contributed by atoms with van der Waals surface area (Å²) in [6.45, 7) is 1.95. The molecule has 3 N–H and O–H groups in total. The molecule has 0 bridgehead atoms. The molecule has 0 fully saturated rings. The van der Waals surface area contributed by atoms with E-state index in [1.54, 1.807) is 31.4 Å². The summed E-state index contributed by atoms with van der Waals surface area (Å²) in [5.41, 5.74) is 6.36. The molecule has 0 amide bonds. The van der Waals surface area contributed by atoms with Crippen LogP contribution in [0.15, 0.2) is 29.1 Å². The first kappa shape index (κ1) is 12.4. The van der Waals surface area contributed by atoms with E-state index in [-0.39, 0.29) is 11.7 Å². The Bertz CT molecular complexity index is 571. The molecule has 0 radical (unpaired) electrons. The molecule has 1 heterocycles. The first-order valence-corrected chi connectivity index (χ1v) is 5.74. The van der Waals surface area contributed by atoms with Crippen molar-refractivity contribution in [3.63, 3.8) is 0 Å². The van der Waals surface area contributed by atoms with E-state index in [0.29, 0.717) is 17.9 Å². The van der Waals surface area contributed by atoms with Crippen LogP contribution < -0.4 is 16.2 Å². The second-order valence-corrected chi connectivity index (χ2v) is 3.94. The number of nitrogens with two attached hydrogens (primary N) is 1. The molecule has 0 spiro atoms. The van der Waals surface area contributed by atoms with Crippen molar-refractivity contribution >= 4 is 0 Å². The van der Waals surface area contributed by atoms with E-state index in [4.69, 9.17) is 10.5 Å². The van der Waals surface area contributed by atoms with Gasteiger partial charge in [-0.2, -0.15) is 5.10 Å². The monoisotopic (exact) mass is 248 g/mol. The normalized spacial score (nSPS) is 12.4. The van der Waals surface area contributed by atoms with Crippen molar-refractivity contribution in [1.82, 2.24) is 14.8 Å². The summed E-state index contributed by atoms with van der Waals surface area (Å²) in [5, 5.41) is 6.40. The van der Waals surface area contributed by atoms with Gasteiger partial charge in [0, 0.05) is 0 Å². The summed E-state index contributed by atoms with van der Waals surface area (Å²) in [5.74, 6) is 1.27. The lowest BCUT2D eigenvalue weighted by molar-refractivity contribution is 0.414. The number of aromatic nitrogens is 3. The molecule has 6 nitrogen and oxygen atoms in total. The molecule has 1 aromatic heterocycles. The van der Waals surface area contributed by atoms with Gasteiger partial charge in [0.25, 0.3) is 0 Å². The molecule has 1 aromatic carbocycles. The number of rotatable bonds is 4. The van der Waals surface area contributed by atoms with Crippen LogP contribution in [0.2, 0.25) is 0 Å². The lowest BCUT2D eigenvalue weighted by Gasteiger charge is -2.10. The van der Waals surface area contributed by atoms with Crippen molar-refractivity contribution in [1.29, 1.82) is 0 Å². The van der Waals surface area contributed by atoms with Gasteiger partial charge in [0.15, 0.2) is 5.82 Å². The van der Waals surface area contributed by atoms with Gasteiger partial charge in [0.1, 0.15) is 5.75 Å². The van der Waals surface area contributed by atoms with Crippen molar-refractivity contribution in [2.45, 2.75) is 19.4 Å². The summed E-state index contributed by atoms with van der Waals surface area (Å²) in [6.07, 6.45) is 0.709. The third-order valence-electron chi connectivity index (χ3n) is 2.80. The molecule has 0 saturated carbocycles. The minimum atomic E-state index is -0.293. The number of hydrogen-bond donors (Lipinski definition) is 2. The first-order valence-electron chi connectivity index (χ1n) is 5.74. The zero-order valence-corrected chi connectivity index (χ0v) is 10.4. The van der Waals surface area contributed by atoms with Crippen LogP contribution in [0, 0.1) is 0 Å². The summed E-state index contributed by atoms with van der Waals surface area (Å²) in [4.78, 5) is 11.8. The summed E-state index contributed by atoms with van der Waals surface area (Å²) < 4.78 is 6.56. The van der Waals surface area contributed by atoms with Crippen molar-refractivity contribution in [3.05, 3.63) is 40.6 Å². The Balaban J connectivity index is 2.49. The Hall–Kier alpha value is -2.08. The average Bonchev–Trinajstić information content (AvgIpc) is 2.80. The molecule has 0 aliphatic rings. The van der Waals surface area contributed by atoms with Crippen LogP contribution in [-0.4, -0.2) is 21.9 Å². The topological polar surface area (TPSA) is 85.9 Å². The van der Waals surface area contributed by atoms with Gasteiger partial charge in [0.05, 0.1) is 18.8 Å². The maximum atomic E-state index is 11.8. The van der Waals surface area contributed by atoms with Crippen LogP contribution in [0.4, 0.5) is 0 Å². The van der Waals surface area contributed by atoms with Gasteiger partial charge >= 0.3 is 5.69 Å². The molecule has 0 aliphatic heterocycles. The Morgan fingerprint density at radius 3 is 2.67 bits per heavy atom. The number of benzene rings is 1. The van der Waals surface area contributed by atoms with E-state index >= 15 is 0 Å². The minimum Gasteiger partial charge on any atom is -0.497 e. The van der Waals surface area contributed by atoms with Gasteiger partial charge in [-0.05, 0) is 30.7 Å². The van der Waals surface area contributed by atoms with E-state index in [9.17, 15) is 4.79 Å². The fourth-order valence-electron chi connectivity index (χ4n) is 1.72. The van der Waals surface area contributed by atoms with E-state index in [1.165, 1.54) is 4.57 Å². The molecule has 0 aliphatic carbocycles. The molecule has 2 aromatic rings. The Labute approximate surface area is 104 Å². The highest BCUT2D eigenvalue weighted by Crippen LogP contribution is 2.17. The minimum absolute atomic E-state index is 0.272. The molecule has 0 saturated heterocycles. The highest BCUT2D eigenvalue weighted by atomic mass is 16.5. The van der Waals surface area contributed by atoms with Crippen LogP contribution in [0.25, 0.3) is 5.69 Å². The Kier molecular flexibility index (Phi) is 3.47. The zero-order chi connectivity index (χ0) is 13.1. The van der Waals surface area contributed by atoms with Crippen molar-refractivity contribution in [3.8, 4) is 11.4 Å². The number of nitrogens with one attached hydrogen (secondary N) is 1. The number of hydrogen-bond acceptors (Lipinski definition) is 4. The van der Waals surface area contributed by atoms with Crippen LogP contribution in [-0.2, 0) is 0 Å². The number of nitrogens with zero attached hydrogens (tertiary/aromatic N) is 2. The highest BCUT2D eigenvalue weighted by molar-refractivity contribution is 5.38. The standard InChI is InChI=1S/C12H16N4O2/c1-3-10(13)11-14-15-12(17)16(11)8-4-6-9(18-2)7-5-8/h4-7,10H,3,13H2,1-2H3,(H,15,17)/t10-/m0/s1. The smallest absolute Gasteiger partial charge is 0.347 e. The summed E-state index contributed by atoms with van der Waals surface area (Å²) in [6, 6.07) is 6.89. The third-order valence-corrected chi connectivity index (χ3v) is 2.80. The lowest BCUT2D eigenvalue weighted by atomic mass is 10.2. The Morgan fingerprint density at radius 2 is 2.11 bits per heavy atom. The van der Waals surface area contributed by atoms with Gasteiger partial charge < -0.3 is 10.5 Å². The van der Waals surface area contributed by atoms with E-state index in [0.717, 1.165) is 5.75 Å². The van der Waals surface area contributed by atoms with Crippen molar-refractivity contribution in [2.24, 2.45) is 5.73 Å². The van der Waals surface area contributed by atoms with Crippen LogP contribution in [0.3, 0.4) is 0 Å². The predicted octanol–water partition coefficient (Wildman–Crippen LogP) is 0.979. The van der Waals surface area contributed by atoms with Gasteiger partial charge in [-0.3, -0.25) is 0 Å². The molecule has 2 rings (SSSR count). The fraction of sp³-hybridized carbons (Fsp3) is 0.333. The second kappa shape index (κ2) is 5.05. The van der Waals surface area contributed by atoms with Gasteiger partial charge in [-0.15, -0.1) is 0 Å². The lowest BCUT2D eigenvalue weighted by Crippen LogP contribution is -2.21. The molecule has 96 valence electrons. The maximum Gasteiger partial charge on any atom is 0.347 e. The number of methoxy groups -OCH3 is 1. The van der Waals surface area contributed by atoms with Crippen molar-refractivity contribution < 1.29 is 4.74 Å². The molecular weight excluding hydrogens is 232 g/mol. The molecule has 1 atom stereocenters. The second-order valence-electron chi connectivity index (χ2n) is 3.94. The van der Waals surface area contributed by atoms with Gasteiger partial charge in [0.2, 0.25) is 0 Å². The number of ether oxygens (including phenoxy) is 1. The molecule has 0 unspecified atom stereocenters. The van der Waals surface area contributed by atoms with Crippen LogP contribution >= 0.6 is 0 Å². The average molecular weight is 248 g/mol. The van der Waals surface area contributed by atoms with Crippen molar-refractivity contribution in [2.75, 3.05) is 7.11 Å². The van der Waals surface area contributed by atoms with Gasteiger partial charge in [-0.25, -0.2) is 14.5 Å². The van der Waals surface area contributed by atoms with Crippen LogP contribution in [0.5, 0.6) is 5.75 Å².